The molecule has 0 aromatic heterocycles. The minimum absolute atomic E-state index is 0.117. The van der Waals surface area contributed by atoms with Crippen LogP contribution in [0.2, 0.25) is 0 Å². The number of nitrogens with one attached hydrogen (secondary N) is 1. The lowest BCUT2D eigenvalue weighted by molar-refractivity contribution is -0.174. The maximum atomic E-state index is 12.8. The highest BCUT2D eigenvalue weighted by Gasteiger charge is 2.41. The SMILES string of the molecule is CN[C@H](C)CC1CCC([C@H](C)OC(=O)C(C)(C)C)N(C(=O)CC(F)(F)F)C1. The molecule has 1 aliphatic heterocycles. The highest BCUT2D eigenvalue weighted by atomic mass is 19.4. The molecule has 27 heavy (non-hydrogen) atoms. The van der Waals surface area contributed by atoms with E-state index in [1.807, 2.05) is 14.0 Å². The number of amides is 1. The van der Waals surface area contributed by atoms with Crippen molar-refractivity contribution in [1.82, 2.24) is 10.2 Å². The molecule has 5 nitrogen and oxygen atoms in total. The molecule has 1 N–H and O–H groups in total. The monoisotopic (exact) mass is 394 g/mol. The van der Waals surface area contributed by atoms with E-state index in [0.29, 0.717) is 6.42 Å². The normalized spacial score (nSPS) is 23.7. The molecule has 0 radical (unpaired) electrons. The van der Waals surface area contributed by atoms with Crippen molar-refractivity contribution in [2.24, 2.45) is 11.3 Å². The van der Waals surface area contributed by atoms with Crippen LogP contribution in [0.5, 0.6) is 0 Å². The number of carbonyl (C=O) groups excluding carboxylic acids is 2. The number of nitrogens with zero attached hydrogens (tertiary/aromatic N) is 1. The number of likely N-dealkylation sites (tertiary alicyclic amines) is 1. The molecule has 1 heterocycles. The second kappa shape index (κ2) is 9.26. The number of esters is 1. The Kier molecular flexibility index (Phi) is 8.14. The van der Waals surface area contributed by atoms with Gasteiger partial charge >= 0.3 is 12.1 Å². The molecule has 1 rings (SSSR count). The molecule has 0 aliphatic carbocycles. The molecule has 1 fully saturated rings. The fourth-order valence-corrected chi connectivity index (χ4v) is 3.35. The molecule has 8 heteroatoms. The first kappa shape index (κ1) is 23.7. The van der Waals surface area contributed by atoms with Gasteiger partial charge in [-0.2, -0.15) is 13.2 Å². The molecule has 0 aromatic carbocycles. The summed E-state index contributed by atoms with van der Waals surface area (Å²) in [5.41, 5.74) is -0.714. The van der Waals surface area contributed by atoms with Crippen LogP contribution in [0.1, 0.15) is 60.3 Å². The standard InChI is InChI=1S/C19H33F3N2O3/c1-12(23-6)9-14-7-8-15(13(2)27-17(26)18(3,4)5)24(11-14)16(25)10-19(20,21)22/h12-15,23H,7-11H2,1-6H3/t12-,13+,14?,15?/m1/s1. The third-order valence-corrected chi connectivity index (χ3v) is 5.02. The maximum absolute atomic E-state index is 12.8. The minimum atomic E-state index is -4.56. The van der Waals surface area contributed by atoms with E-state index >= 15 is 0 Å². The van der Waals surface area contributed by atoms with Crippen LogP contribution >= 0.6 is 0 Å². The number of halogens is 3. The average molecular weight is 394 g/mol. The molecule has 4 atom stereocenters. The van der Waals surface area contributed by atoms with Crippen molar-refractivity contribution in [3.05, 3.63) is 0 Å². The number of rotatable bonds is 6. The Morgan fingerprint density at radius 2 is 1.78 bits per heavy atom. The van der Waals surface area contributed by atoms with Crippen molar-refractivity contribution >= 4 is 11.9 Å². The lowest BCUT2D eigenvalue weighted by Crippen LogP contribution is -2.54. The summed E-state index contributed by atoms with van der Waals surface area (Å²) in [6.07, 6.45) is -4.63. The first-order valence-corrected chi connectivity index (χ1v) is 9.49. The molecule has 1 aliphatic rings. The Hall–Kier alpha value is -1.31. The number of alkyl halides is 3. The quantitative estimate of drug-likeness (QED) is 0.701. The minimum Gasteiger partial charge on any atom is -0.460 e. The van der Waals surface area contributed by atoms with Crippen molar-refractivity contribution in [1.29, 1.82) is 0 Å². The maximum Gasteiger partial charge on any atom is 0.397 e. The summed E-state index contributed by atoms with van der Waals surface area (Å²) in [5.74, 6) is -1.26. The zero-order chi connectivity index (χ0) is 21.0. The summed E-state index contributed by atoms with van der Waals surface area (Å²) in [5, 5.41) is 3.12. The van der Waals surface area contributed by atoms with Crippen molar-refractivity contribution in [3.8, 4) is 0 Å². The Bertz CT molecular complexity index is 517. The zero-order valence-electron chi connectivity index (χ0n) is 17.2. The van der Waals surface area contributed by atoms with Crippen LogP contribution in [-0.4, -0.2) is 54.7 Å². The summed E-state index contributed by atoms with van der Waals surface area (Å²) in [6, 6.07) is -0.324. The molecule has 1 saturated heterocycles. The number of hydrogen-bond donors (Lipinski definition) is 1. The molecule has 0 aromatic rings. The van der Waals surface area contributed by atoms with Crippen LogP contribution in [0.25, 0.3) is 0 Å². The lowest BCUT2D eigenvalue weighted by Gasteiger charge is -2.43. The Labute approximate surface area is 160 Å². The topological polar surface area (TPSA) is 58.6 Å². The van der Waals surface area contributed by atoms with Crippen molar-refractivity contribution < 1.29 is 27.5 Å². The fraction of sp³-hybridized carbons (Fsp3) is 0.895. The van der Waals surface area contributed by atoms with E-state index in [0.717, 1.165) is 12.8 Å². The van der Waals surface area contributed by atoms with Gasteiger partial charge in [0.25, 0.3) is 0 Å². The van der Waals surface area contributed by atoms with Crippen LogP contribution < -0.4 is 5.32 Å². The van der Waals surface area contributed by atoms with E-state index in [9.17, 15) is 22.8 Å². The van der Waals surface area contributed by atoms with Crippen molar-refractivity contribution in [2.75, 3.05) is 13.6 Å². The van der Waals surface area contributed by atoms with Crippen LogP contribution in [0.4, 0.5) is 13.2 Å². The number of carbonyl (C=O) groups is 2. The highest BCUT2D eigenvalue weighted by Crippen LogP contribution is 2.31. The summed E-state index contributed by atoms with van der Waals surface area (Å²) in [6.45, 7) is 9.05. The number of ether oxygens (including phenoxy) is 1. The van der Waals surface area contributed by atoms with Gasteiger partial charge in [0, 0.05) is 12.6 Å². The van der Waals surface area contributed by atoms with Gasteiger partial charge in [-0.15, -0.1) is 0 Å². The van der Waals surface area contributed by atoms with E-state index in [2.05, 4.69) is 5.32 Å². The largest absolute Gasteiger partial charge is 0.460 e. The van der Waals surface area contributed by atoms with E-state index in [1.54, 1.807) is 27.7 Å². The van der Waals surface area contributed by atoms with Gasteiger partial charge in [-0.05, 0) is 66.8 Å². The fourth-order valence-electron chi connectivity index (χ4n) is 3.35. The molecule has 0 bridgehead atoms. The Morgan fingerprint density at radius 3 is 2.26 bits per heavy atom. The summed E-state index contributed by atoms with van der Waals surface area (Å²) < 4.78 is 43.8. The lowest BCUT2D eigenvalue weighted by atomic mass is 9.86. The summed E-state index contributed by atoms with van der Waals surface area (Å²) in [7, 11) is 1.83. The highest BCUT2D eigenvalue weighted by molar-refractivity contribution is 5.78. The third-order valence-electron chi connectivity index (χ3n) is 5.02. The van der Waals surface area contributed by atoms with E-state index in [-0.39, 0.29) is 18.5 Å². The smallest absolute Gasteiger partial charge is 0.397 e. The molecule has 0 saturated carbocycles. The summed E-state index contributed by atoms with van der Waals surface area (Å²) >= 11 is 0. The number of hydrogen-bond acceptors (Lipinski definition) is 4. The Balaban J connectivity index is 2.92. The van der Waals surface area contributed by atoms with Gasteiger partial charge < -0.3 is 15.0 Å². The van der Waals surface area contributed by atoms with Gasteiger partial charge in [0.1, 0.15) is 12.5 Å². The average Bonchev–Trinajstić information content (AvgIpc) is 2.51. The Morgan fingerprint density at radius 1 is 1.19 bits per heavy atom. The molecular formula is C19H33F3N2O3. The second-order valence-electron chi connectivity index (χ2n) is 8.63. The van der Waals surface area contributed by atoms with Crippen LogP contribution in [0.3, 0.4) is 0 Å². The predicted molar refractivity (Wildman–Crippen MR) is 97.0 cm³/mol. The second-order valence-corrected chi connectivity index (χ2v) is 8.63. The van der Waals surface area contributed by atoms with Crippen molar-refractivity contribution in [2.45, 2.75) is 84.7 Å². The molecular weight excluding hydrogens is 361 g/mol. The van der Waals surface area contributed by atoms with Crippen LogP contribution in [-0.2, 0) is 14.3 Å². The van der Waals surface area contributed by atoms with Gasteiger partial charge in [-0.1, -0.05) is 0 Å². The van der Waals surface area contributed by atoms with Gasteiger partial charge in [0.2, 0.25) is 5.91 Å². The zero-order valence-corrected chi connectivity index (χ0v) is 17.2. The van der Waals surface area contributed by atoms with Gasteiger partial charge in [0.15, 0.2) is 0 Å². The van der Waals surface area contributed by atoms with Gasteiger partial charge in [-0.25, -0.2) is 0 Å². The van der Waals surface area contributed by atoms with Crippen LogP contribution in [0, 0.1) is 11.3 Å². The molecule has 2 unspecified atom stereocenters. The molecule has 158 valence electrons. The number of piperidine rings is 1. The van der Waals surface area contributed by atoms with E-state index in [4.69, 9.17) is 4.74 Å². The first-order valence-electron chi connectivity index (χ1n) is 9.49. The van der Waals surface area contributed by atoms with Gasteiger partial charge in [0.05, 0.1) is 11.5 Å². The van der Waals surface area contributed by atoms with Crippen molar-refractivity contribution in [3.63, 3.8) is 0 Å². The van der Waals surface area contributed by atoms with E-state index in [1.165, 1.54) is 4.90 Å². The third kappa shape index (κ3) is 7.68. The predicted octanol–water partition coefficient (Wildman–Crippen LogP) is 3.52. The van der Waals surface area contributed by atoms with Crippen LogP contribution in [0.15, 0.2) is 0 Å². The summed E-state index contributed by atoms with van der Waals surface area (Å²) in [4.78, 5) is 25.8. The molecule has 1 amide bonds. The molecule has 0 spiro atoms. The first-order chi connectivity index (χ1) is 12.2. The van der Waals surface area contributed by atoms with E-state index < -0.39 is 42.0 Å². The van der Waals surface area contributed by atoms with Gasteiger partial charge in [-0.3, -0.25) is 9.59 Å².